The Bertz CT molecular complexity index is 345. The normalized spacial score (nSPS) is 24.6. The maximum absolute atomic E-state index is 5.38. The van der Waals surface area contributed by atoms with Gasteiger partial charge in [0, 0.05) is 32.0 Å². The lowest BCUT2D eigenvalue weighted by molar-refractivity contribution is 0.111. The monoisotopic (exact) mass is 222 g/mol. The molecule has 2 atom stereocenters. The zero-order valence-electron chi connectivity index (χ0n) is 9.73. The van der Waals surface area contributed by atoms with Gasteiger partial charge >= 0.3 is 0 Å². The summed E-state index contributed by atoms with van der Waals surface area (Å²) in [6.07, 6.45) is 2.74. The van der Waals surface area contributed by atoms with Gasteiger partial charge in [-0.3, -0.25) is 0 Å². The van der Waals surface area contributed by atoms with Gasteiger partial charge in [0.05, 0.1) is 12.1 Å². The molecule has 0 aliphatic carbocycles. The largest absolute Gasteiger partial charge is 0.378 e. The first-order valence-corrected chi connectivity index (χ1v) is 5.64. The highest BCUT2D eigenvalue weighted by atomic mass is 16.5. The topological polar surface area (TPSA) is 59.1 Å². The Labute approximate surface area is 95.6 Å². The van der Waals surface area contributed by atoms with Gasteiger partial charge in [0.25, 0.3) is 0 Å². The minimum Gasteiger partial charge on any atom is -0.378 e. The molecular formula is C11H18N4O. The minimum atomic E-state index is 0.208. The molecular weight excluding hydrogens is 204 g/mol. The van der Waals surface area contributed by atoms with E-state index in [1.54, 1.807) is 13.4 Å². The van der Waals surface area contributed by atoms with Crippen molar-refractivity contribution in [1.29, 1.82) is 0 Å². The van der Waals surface area contributed by atoms with E-state index in [-0.39, 0.29) is 12.1 Å². The lowest BCUT2D eigenvalue weighted by atomic mass is 10.2. The molecule has 88 valence electrons. The molecule has 5 nitrogen and oxygen atoms in total. The number of anilines is 1. The number of nitrogens with zero attached hydrogens (tertiary/aromatic N) is 2. The van der Waals surface area contributed by atoms with Crippen LogP contribution < -0.4 is 10.6 Å². The van der Waals surface area contributed by atoms with Crippen LogP contribution in [0.2, 0.25) is 0 Å². The maximum atomic E-state index is 5.38. The van der Waals surface area contributed by atoms with Gasteiger partial charge in [0.1, 0.15) is 12.1 Å². The number of ether oxygens (including phenoxy) is 1. The van der Waals surface area contributed by atoms with Crippen LogP contribution in [0.15, 0.2) is 12.4 Å². The van der Waals surface area contributed by atoms with Crippen molar-refractivity contribution in [3.63, 3.8) is 0 Å². The van der Waals surface area contributed by atoms with Crippen LogP contribution in [-0.4, -0.2) is 42.3 Å². The summed E-state index contributed by atoms with van der Waals surface area (Å²) in [6, 6.07) is 2.27. The Morgan fingerprint density at radius 3 is 3.12 bits per heavy atom. The van der Waals surface area contributed by atoms with Crippen molar-refractivity contribution in [1.82, 2.24) is 15.3 Å². The molecule has 2 N–H and O–H groups in total. The predicted molar refractivity (Wildman–Crippen MR) is 62.5 cm³/mol. The summed E-state index contributed by atoms with van der Waals surface area (Å²) in [6.45, 7) is 3.88. The number of methoxy groups -OCH3 is 1. The van der Waals surface area contributed by atoms with Gasteiger partial charge in [-0.25, -0.2) is 9.97 Å². The molecule has 5 heteroatoms. The van der Waals surface area contributed by atoms with E-state index < -0.39 is 0 Å². The van der Waals surface area contributed by atoms with Crippen LogP contribution in [0, 0.1) is 0 Å². The maximum Gasteiger partial charge on any atom is 0.129 e. The summed E-state index contributed by atoms with van der Waals surface area (Å²) in [5, 5.41) is 6.67. The third-order valence-electron chi connectivity index (χ3n) is 2.88. The van der Waals surface area contributed by atoms with Crippen molar-refractivity contribution in [2.24, 2.45) is 0 Å². The number of hydrogen-bond donors (Lipinski definition) is 2. The van der Waals surface area contributed by atoms with Crippen LogP contribution in [0.25, 0.3) is 0 Å². The highest BCUT2D eigenvalue weighted by Gasteiger charge is 2.26. The Hall–Kier alpha value is -1.20. The number of aromatic nitrogens is 2. The van der Waals surface area contributed by atoms with Gasteiger partial charge in [0.2, 0.25) is 0 Å². The highest BCUT2D eigenvalue weighted by molar-refractivity contribution is 5.37. The summed E-state index contributed by atoms with van der Waals surface area (Å²) in [7, 11) is 1.74. The van der Waals surface area contributed by atoms with Crippen molar-refractivity contribution in [2.75, 3.05) is 25.5 Å². The second kappa shape index (κ2) is 5.23. The van der Waals surface area contributed by atoms with Crippen LogP contribution in [0.1, 0.15) is 12.6 Å². The molecule has 0 saturated carbocycles. The Morgan fingerprint density at radius 2 is 2.38 bits per heavy atom. The van der Waals surface area contributed by atoms with Gasteiger partial charge < -0.3 is 15.4 Å². The van der Waals surface area contributed by atoms with E-state index in [0.717, 1.165) is 31.0 Å². The summed E-state index contributed by atoms with van der Waals surface area (Å²) in [5.74, 6) is 0.877. The van der Waals surface area contributed by atoms with Crippen LogP contribution in [-0.2, 0) is 11.2 Å². The SMILES string of the molecule is CCc1cc(NC2CNC[C@@H]2OC)ncn1. The molecule has 1 unspecified atom stereocenters. The average molecular weight is 222 g/mol. The molecule has 1 aromatic rings. The van der Waals surface area contributed by atoms with E-state index in [1.807, 2.05) is 6.07 Å². The lowest BCUT2D eigenvalue weighted by Crippen LogP contribution is -2.33. The number of hydrogen-bond acceptors (Lipinski definition) is 5. The number of rotatable bonds is 4. The van der Waals surface area contributed by atoms with Crippen LogP contribution >= 0.6 is 0 Å². The molecule has 16 heavy (non-hydrogen) atoms. The molecule has 1 saturated heterocycles. The fraction of sp³-hybridized carbons (Fsp3) is 0.636. The zero-order chi connectivity index (χ0) is 11.4. The highest BCUT2D eigenvalue weighted by Crippen LogP contribution is 2.11. The Balaban J connectivity index is 2.02. The third-order valence-corrected chi connectivity index (χ3v) is 2.88. The van der Waals surface area contributed by atoms with E-state index in [4.69, 9.17) is 4.74 Å². The molecule has 0 radical (unpaired) electrons. The summed E-state index contributed by atoms with van der Waals surface area (Å²) in [4.78, 5) is 8.39. The van der Waals surface area contributed by atoms with E-state index >= 15 is 0 Å². The van der Waals surface area contributed by atoms with E-state index in [0.29, 0.717) is 0 Å². The molecule has 2 heterocycles. The van der Waals surface area contributed by atoms with Gasteiger partial charge in [-0.2, -0.15) is 0 Å². The second-order valence-electron chi connectivity index (χ2n) is 3.93. The van der Waals surface area contributed by atoms with Crippen molar-refractivity contribution in [3.05, 3.63) is 18.1 Å². The van der Waals surface area contributed by atoms with Crippen LogP contribution in [0.4, 0.5) is 5.82 Å². The van der Waals surface area contributed by atoms with Gasteiger partial charge in [-0.1, -0.05) is 6.92 Å². The van der Waals surface area contributed by atoms with Crippen molar-refractivity contribution >= 4 is 5.82 Å². The van der Waals surface area contributed by atoms with Crippen LogP contribution in [0.3, 0.4) is 0 Å². The van der Waals surface area contributed by atoms with Crippen molar-refractivity contribution in [2.45, 2.75) is 25.5 Å². The van der Waals surface area contributed by atoms with Gasteiger partial charge in [-0.05, 0) is 6.42 Å². The molecule has 1 aliphatic rings. The fourth-order valence-electron chi connectivity index (χ4n) is 1.91. The molecule has 0 spiro atoms. The summed E-state index contributed by atoms with van der Waals surface area (Å²) in [5.41, 5.74) is 1.05. The second-order valence-corrected chi connectivity index (χ2v) is 3.93. The first-order valence-electron chi connectivity index (χ1n) is 5.64. The molecule has 0 aromatic carbocycles. The average Bonchev–Trinajstić information content (AvgIpc) is 2.76. The third kappa shape index (κ3) is 2.48. The minimum absolute atomic E-state index is 0.208. The molecule has 1 aliphatic heterocycles. The fourth-order valence-corrected chi connectivity index (χ4v) is 1.91. The van der Waals surface area contributed by atoms with Gasteiger partial charge in [0.15, 0.2) is 0 Å². The molecule has 1 aromatic heterocycles. The number of nitrogens with one attached hydrogen (secondary N) is 2. The van der Waals surface area contributed by atoms with E-state index in [2.05, 4.69) is 27.5 Å². The van der Waals surface area contributed by atoms with Crippen molar-refractivity contribution in [3.8, 4) is 0 Å². The van der Waals surface area contributed by atoms with E-state index in [9.17, 15) is 0 Å². The standard InChI is InChI=1S/C11H18N4O/c1-3-8-4-11(14-7-13-8)15-9-5-12-6-10(9)16-2/h4,7,9-10,12H,3,5-6H2,1-2H3,(H,13,14,15)/t9?,10-/m0/s1. The first-order chi connectivity index (χ1) is 7.83. The van der Waals surface area contributed by atoms with Crippen LogP contribution in [0.5, 0.6) is 0 Å². The predicted octanol–water partition coefficient (Wildman–Crippen LogP) is 0.438. The smallest absolute Gasteiger partial charge is 0.129 e. The first kappa shape index (κ1) is 11.3. The quantitative estimate of drug-likeness (QED) is 0.774. The van der Waals surface area contributed by atoms with Gasteiger partial charge in [-0.15, -0.1) is 0 Å². The molecule has 0 bridgehead atoms. The zero-order valence-corrected chi connectivity index (χ0v) is 9.73. The molecule has 2 rings (SSSR count). The molecule has 1 fully saturated rings. The summed E-state index contributed by atoms with van der Waals surface area (Å²) >= 11 is 0. The Kier molecular flexibility index (Phi) is 3.69. The van der Waals surface area contributed by atoms with Crippen molar-refractivity contribution < 1.29 is 4.74 Å². The molecule has 0 amide bonds. The Morgan fingerprint density at radius 1 is 1.50 bits per heavy atom. The number of aryl methyl sites for hydroxylation is 1. The lowest BCUT2D eigenvalue weighted by Gasteiger charge is -2.19. The van der Waals surface area contributed by atoms with E-state index in [1.165, 1.54) is 0 Å². The summed E-state index contributed by atoms with van der Waals surface area (Å²) < 4.78 is 5.38.